The Balaban J connectivity index is 2.63. The first-order chi connectivity index (χ1) is 11.1. The van der Waals surface area contributed by atoms with E-state index in [0.29, 0.717) is 0 Å². The maximum atomic E-state index is 12.9. The first kappa shape index (κ1) is 17.6. The second-order valence-electron chi connectivity index (χ2n) is 5.28. The Morgan fingerprint density at radius 1 is 1.33 bits per heavy atom. The van der Waals surface area contributed by atoms with E-state index < -0.39 is 41.2 Å². The summed E-state index contributed by atoms with van der Waals surface area (Å²) in [7, 11) is 0. The number of amides is 1. The molecule has 1 amide bonds. The number of primary amides is 1. The summed E-state index contributed by atoms with van der Waals surface area (Å²) in [5, 5.41) is 9.92. The first-order valence-corrected chi connectivity index (χ1v) is 6.88. The van der Waals surface area contributed by atoms with E-state index in [1.165, 1.54) is 13.0 Å². The number of nitrogens with two attached hydrogens (primary N) is 1. The number of hydrogen-bond donors (Lipinski definition) is 2. The molecule has 5 nitrogen and oxygen atoms in total. The standard InChI is InChI=1S/C16H14F3NO4/c1-8-5-12(21)14(23)15(24-8)11(7-13(20)22)9-3-2-4-10(6-9)16(17,18)19/h2-6,11,23H,7H2,1H3,(H2,20,22). The van der Waals surface area contributed by atoms with Crippen LogP contribution in [0.2, 0.25) is 0 Å². The smallest absolute Gasteiger partial charge is 0.416 e. The van der Waals surface area contributed by atoms with Gasteiger partial charge in [-0.2, -0.15) is 13.2 Å². The van der Waals surface area contributed by atoms with Gasteiger partial charge in [0.05, 0.1) is 11.5 Å². The largest absolute Gasteiger partial charge is 0.502 e. The molecule has 24 heavy (non-hydrogen) atoms. The second kappa shape index (κ2) is 6.38. The molecule has 0 saturated carbocycles. The fourth-order valence-corrected chi connectivity index (χ4v) is 2.36. The molecule has 0 spiro atoms. The lowest BCUT2D eigenvalue weighted by Gasteiger charge is -2.18. The van der Waals surface area contributed by atoms with Gasteiger partial charge in [0.25, 0.3) is 0 Å². The summed E-state index contributed by atoms with van der Waals surface area (Å²) in [5.74, 6) is -2.84. The summed E-state index contributed by atoms with van der Waals surface area (Å²) in [6, 6.07) is 5.24. The van der Waals surface area contributed by atoms with Gasteiger partial charge in [-0.1, -0.05) is 18.2 Å². The van der Waals surface area contributed by atoms with Gasteiger partial charge in [-0.05, 0) is 18.6 Å². The van der Waals surface area contributed by atoms with E-state index in [1.807, 2.05) is 0 Å². The maximum Gasteiger partial charge on any atom is 0.416 e. The highest BCUT2D eigenvalue weighted by atomic mass is 19.4. The van der Waals surface area contributed by atoms with Crippen LogP contribution in [0.3, 0.4) is 0 Å². The van der Waals surface area contributed by atoms with Gasteiger partial charge >= 0.3 is 6.18 Å². The van der Waals surface area contributed by atoms with Crippen molar-refractivity contribution < 1.29 is 27.5 Å². The Morgan fingerprint density at radius 2 is 2.00 bits per heavy atom. The highest BCUT2D eigenvalue weighted by Gasteiger charge is 2.32. The fraction of sp³-hybridized carbons (Fsp3) is 0.250. The molecule has 0 aliphatic carbocycles. The van der Waals surface area contributed by atoms with E-state index in [9.17, 15) is 27.9 Å². The Morgan fingerprint density at radius 3 is 2.58 bits per heavy atom. The molecule has 2 rings (SSSR count). The monoisotopic (exact) mass is 341 g/mol. The van der Waals surface area contributed by atoms with E-state index in [1.54, 1.807) is 0 Å². The van der Waals surface area contributed by atoms with Crippen LogP contribution >= 0.6 is 0 Å². The summed E-state index contributed by atoms with van der Waals surface area (Å²) >= 11 is 0. The van der Waals surface area contributed by atoms with Gasteiger partial charge in [0.2, 0.25) is 17.1 Å². The van der Waals surface area contributed by atoms with Crippen molar-refractivity contribution in [3.8, 4) is 5.75 Å². The van der Waals surface area contributed by atoms with Crippen LogP contribution in [0.4, 0.5) is 13.2 Å². The van der Waals surface area contributed by atoms with Gasteiger partial charge in [0, 0.05) is 12.5 Å². The lowest BCUT2D eigenvalue weighted by Crippen LogP contribution is -2.18. The molecule has 2 aromatic rings. The Bertz CT molecular complexity index is 827. The summed E-state index contributed by atoms with van der Waals surface area (Å²) in [4.78, 5) is 23.0. The topological polar surface area (TPSA) is 93.5 Å². The third kappa shape index (κ3) is 3.76. The SMILES string of the molecule is Cc1cc(=O)c(O)c(C(CC(N)=O)c2cccc(C(F)(F)F)c2)o1. The number of benzene rings is 1. The van der Waals surface area contributed by atoms with Crippen molar-refractivity contribution in [3.63, 3.8) is 0 Å². The minimum atomic E-state index is -4.58. The second-order valence-corrected chi connectivity index (χ2v) is 5.28. The zero-order valence-corrected chi connectivity index (χ0v) is 12.6. The van der Waals surface area contributed by atoms with Crippen LogP contribution < -0.4 is 11.2 Å². The number of halogens is 3. The minimum absolute atomic E-state index is 0.0488. The lowest BCUT2D eigenvalue weighted by molar-refractivity contribution is -0.137. The van der Waals surface area contributed by atoms with Crippen LogP contribution in [0, 0.1) is 6.92 Å². The van der Waals surface area contributed by atoms with Gasteiger partial charge in [0.15, 0.2) is 5.76 Å². The number of carbonyl (C=O) groups excluding carboxylic acids is 1. The molecule has 3 N–H and O–H groups in total. The molecule has 0 aliphatic heterocycles. The average Bonchev–Trinajstić information content (AvgIpc) is 2.48. The molecule has 8 heteroatoms. The van der Waals surface area contributed by atoms with Crippen LogP contribution in [-0.2, 0) is 11.0 Å². The maximum absolute atomic E-state index is 12.9. The third-order valence-corrected chi connectivity index (χ3v) is 3.41. The molecule has 1 unspecified atom stereocenters. The highest BCUT2D eigenvalue weighted by Crippen LogP contribution is 2.36. The van der Waals surface area contributed by atoms with Crippen LogP contribution in [0.15, 0.2) is 39.5 Å². The zero-order chi connectivity index (χ0) is 18.1. The fourth-order valence-electron chi connectivity index (χ4n) is 2.36. The molecule has 1 heterocycles. The average molecular weight is 341 g/mol. The van der Waals surface area contributed by atoms with Crippen LogP contribution in [0.25, 0.3) is 0 Å². The van der Waals surface area contributed by atoms with Gasteiger partial charge in [-0.3, -0.25) is 9.59 Å². The molecule has 1 aromatic heterocycles. The highest BCUT2D eigenvalue weighted by molar-refractivity contribution is 5.75. The Labute approximate surface area is 134 Å². The summed E-state index contributed by atoms with van der Waals surface area (Å²) in [5.41, 5.74) is 3.52. The summed E-state index contributed by atoms with van der Waals surface area (Å²) in [6.45, 7) is 1.44. The van der Waals surface area contributed by atoms with E-state index in [2.05, 4.69) is 0 Å². The van der Waals surface area contributed by atoms with E-state index >= 15 is 0 Å². The van der Waals surface area contributed by atoms with E-state index in [0.717, 1.165) is 24.3 Å². The molecular formula is C16H14F3NO4. The van der Waals surface area contributed by atoms with Crippen molar-refractivity contribution in [3.05, 3.63) is 63.2 Å². The van der Waals surface area contributed by atoms with Gasteiger partial charge in [-0.25, -0.2) is 0 Å². The van der Waals surface area contributed by atoms with Crippen molar-refractivity contribution in [2.45, 2.75) is 25.4 Å². The van der Waals surface area contributed by atoms with Gasteiger partial charge in [-0.15, -0.1) is 0 Å². The van der Waals surface area contributed by atoms with Gasteiger partial charge in [0.1, 0.15) is 5.76 Å². The zero-order valence-electron chi connectivity index (χ0n) is 12.6. The first-order valence-electron chi connectivity index (χ1n) is 6.88. The van der Waals surface area contributed by atoms with E-state index in [4.69, 9.17) is 10.2 Å². The van der Waals surface area contributed by atoms with Crippen molar-refractivity contribution in [2.75, 3.05) is 0 Å². The molecule has 0 fully saturated rings. The number of aromatic hydroxyl groups is 1. The van der Waals surface area contributed by atoms with Crippen LogP contribution in [-0.4, -0.2) is 11.0 Å². The molecule has 128 valence electrons. The normalized spacial score (nSPS) is 12.8. The predicted octanol–water partition coefficient (Wildman–Crippen LogP) is 2.68. The number of alkyl halides is 3. The predicted molar refractivity (Wildman–Crippen MR) is 78.5 cm³/mol. The minimum Gasteiger partial charge on any atom is -0.502 e. The van der Waals surface area contributed by atoms with Crippen LogP contribution in [0.5, 0.6) is 5.75 Å². The van der Waals surface area contributed by atoms with Crippen molar-refractivity contribution in [1.82, 2.24) is 0 Å². The summed E-state index contributed by atoms with van der Waals surface area (Å²) < 4.78 is 44.0. The van der Waals surface area contributed by atoms with Crippen molar-refractivity contribution >= 4 is 5.91 Å². The van der Waals surface area contributed by atoms with Crippen molar-refractivity contribution in [2.24, 2.45) is 5.73 Å². The molecule has 0 radical (unpaired) electrons. The number of aryl methyl sites for hydroxylation is 1. The van der Waals surface area contributed by atoms with E-state index in [-0.39, 0.29) is 17.1 Å². The molecule has 1 aromatic carbocycles. The number of carbonyl (C=O) groups is 1. The molecule has 0 saturated heterocycles. The molecular weight excluding hydrogens is 327 g/mol. The Hall–Kier alpha value is -2.77. The van der Waals surface area contributed by atoms with Gasteiger partial charge < -0.3 is 15.3 Å². The molecule has 0 bridgehead atoms. The Kier molecular flexibility index (Phi) is 4.68. The molecule has 1 atom stereocenters. The summed E-state index contributed by atoms with van der Waals surface area (Å²) in [6.07, 6.45) is -5.01. The van der Waals surface area contributed by atoms with Crippen LogP contribution in [0.1, 0.15) is 35.0 Å². The number of rotatable bonds is 4. The molecule has 0 aliphatic rings. The van der Waals surface area contributed by atoms with Crippen molar-refractivity contribution in [1.29, 1.82) is 0 Å². The third-order valence-electron chi connectivity index (χ3n) is 3.41. The lowest BCUT2D eigenvalue weighted by atomic mass is 9.90. The number of hydrogen-bond acceptors (Lipinski definition) is 4. The quantitative estimate of drug-likeness (QED) is 0.894.